The van der Waals surface area contributed by atoms with Crippen LogP contribution in [0.3, 0.4) is 0 Å². The smallest absolute Gasteiger partial charge is 0.257 e. The normalized spacial score (nSPS) is 10.7. The lowest BCUT2D eigenvalue weighted by Gasteiger charge is -2.18. The van der Waals surface area contributed by atoms with Gasteiger partial charge in [0.1, 0.15) is 5.75 Å². The van der Waals surface area contributed by atoms with Crippen molar-refractivity contribution in [1.82, 2.24) is 14.9 Å². The predicted molar refractivity (Wildman–Crippen MR) is 105 cm³/mol. The molecule has 0 atom stereocenters. The second kappa shape index (κ2) is 7.33. The lowest BCUT2D eigenvalue weighted by atomic mass is 10.2. The third-order valence-corrected chi connectivity index (χ3v) is 4.33. The Kier molecular flexibility index (Phi) is 4.58. The highest BCUT2D eigenvalue weighted by molar-refractivity contribution is 5.96. The van der Waals surface area contributed by atoms with Crippen molar-refractivity contribution in [3.8, 4) is 11.5 Å². The van der Waals surface area contributed by atoms with Gasteiger partial charge in [-0.2, -0.15) is 0 Å². The minimum Gasteiger partial charge on any atom is -0.455 e. The molecule has 0 saturated carbocycles. The number of nitrogens with one attached hydrogen (secondary N) is 1. The summed E-state index contributed by atoms with van der Waals surface area (Å²) in [6, 6.07) is 21.2. The number of carbonyl (C=O) groups excluding carboxylic acids is 1. The highest BCUT2D eigenvalue weighted by Gasteiger charge is 2.18. The Balaban J connectivity index is 1.55. The van der Waals surface area contributed by atoms with Gasteiger partial charge in [0, 0.05) is 24.5 Å². The Bertz CT molecular complexity index is 1040. The first-order valence-corrected chi connectivity index (χ1v) is 8.70. The number of fused-ring (bicyclic) bond motifs is 1. The zero-order chi connectivity index (χ0) is 18.6. The maximum absolute atomic E-state index is 13.0. The summed E-state index contributed by atoms with van der Waals surface area (Å²) in [6.07, 6.45) is 3.17. The monoisotopic (exact) mass is 357 g/mol. The van der Waals surface area contributed by atoms with Gasteiger partial charge in [0.05, 0.1) is 18.3 Å². The molecule has 0 bridgehead atoms. The lowest BCUT2D eigenvalue weighted by molar-refractivity contribution is 0.0781. The molecule has 5 nitrogen and oxygen atoms in total. The van der Waals surface area contributed by atoms with E-state index in [1.54, 1.807) is 30.4 Å². The molecule has 27 heavy (non-hydrogen) atoms. The summed E-state index contributed by atoms with van der Waals surface area (Å²) < 4.78 is 5.86. The van der Waals surface area contributed by atoms with E-state index in [1.165, 1.54) is 0 Å². The number of nitrogens with zero attached hydrogens (tertiary/aromatic N) is 2. The van der Waals surface area contributed by atoms with Crippen LogP contribution in [-0.2, 0) is 6.54 Å². The van der Waals surface area contributed by atoms with E-state index in [4.69, 9.17) is 4.74 Å². The second-order valence-electron chi connectivity index (χ2n) is 6.33. The molecule has 4 aromatic rings. The maximum Gasteiger partial charge on any atom is 0.257 e. The molecule has 0 spiro atoms. The third kappa shape index (κ3) is 3.67. The Morgan fingerprint density at radius 1 is 1.07 bits per heavy atom. The molecule has 0 saturated heterocycles. The highest BCUT2D eigenvalue weighted by atomic mass is 16.5. The lowest BCUT2D eigenvalue weighted by Crippen LogP contribution is -2.26. The van der Waals surface area contributed by atoms with Gasteiger partial charge in [-0.25, -0.2) is 0 Å². The minimum absolute atomic E-state index is 0.123. The summed E-state index contributed by atoms with van der Waals surface area (Å²) in [6.45, 7) is 0.473. The van der Waals surface area contributed by atoms with Crippen molar-refractivity contribution in [2.45, 2.75) is 6.54 Å². The van der Waals surface area contributed by atoms with Crippen molar-refractivity contribution in [2.75, 3.05) is 7.05 Å². The number of ether oxygens (including phenoxy) is 1. The van der Waals surface area contributed by atoms with E-state index >= 15 is 0 Å². The molecule has 2 aromatic heterocycles. The van der Waals surface area contributed by atoms with E-state index in [2.05, 4.69) is 16.0 Å². The Hall–Kier alpha value is -3.60. The molecule has 134 valence electrons. The average Bonchev–Trinajstić information content (AvgIpc) is 3.11. The zero-order valence-corrected chi connectivity index (χ0v) is 14.9. The molecule has 0 fully saturated rings. The van der Waals surface area contributed by atoms with Crippen LogP contribution in [0.1, 0.15) is 16.1 Å². The summed E-state index contributed by atoms with van der Waals surface area (Å²) in [4.78, 5) is 22.1. The fourth-order valence-electron chi connectivity index (χ4n) is 3.01. The molecule has 0 radical (unpaired) electrons. The fourth-order valence-corrected chi connectivity index (χ4v) is 3.01. The van der Waals surface area contributed by atoms with E-state index < -0.39 is 0 Å². The van der Waals surface area contributed by atoms with E-state index in [-0.39, 0.29) is 5.91 Å². The number of aromatic nitrogens is 2. The van der Waals surface area contributed by atoms with Crippen molar-refractivity contribution >= 4 is 16.8 Å². The van der Waals surface area contributed by atoms with Crippen molar-refractivity contribution in [2.24, 2.45) is 0 Å². The summed E-state index contributed by atoms with van der Waals surface area (Å²) in [7, 11) is 1.78. The number of hydrogen-bond donors (Lipinski definition) is 1. The number of benzene rings is 2. The van der Waals surface area contributed by atoms with Gasteiger partial charge in [-0.15, -0.1) is 0 Å². The molecule has 0 aliphatic heterocycles. The molecule has 1 amide bonds. The number of para-hydroxylation sites is 2. The predicted octanol–water partition coefficient (Wildman–Crippen LogP) is 4.63. The molecule has 0 aliphatic rings. The second-order valence-corrected chi connectivity index (χ2v) is 6.33. The van der Waals surface area contributed by atoms with Crippen LogP contribution in [0.5, 0.6) is 11.5 Å². The number of aromatic amines is 1. The van der Waals surface area contributed by atoms with Gasteiger partial charge in [-0.1, -0.05) is 36.4 Å². The Morgan fingerprint density at radius 3 is 2.67 bits per heavy atom. The van der Waals surface area contributed by atoms with E-state index in [9.17, 15) is 4.79 Å². The van der Waals surface area contributed by atoms with E-state index in [0.29, 0.717) is 23.6 Å². The molecular weight excluding hydrogens is 338 g/mol. The number of carbonyl (C=O) groups is 1. The molecule has 5 heteroatoms. The molecule has 0 aliphatic carbocycles. The van der Waals surface area contributed by atoms with Gasteiger partial charge < -0.3 is 14.6 Å². The van der Waals surface area contributed by atoms with Crippen LogP contribution >= 0.6 is 0 Å². The van der Waals surface area contributed by atoms with Crippen LogP contribution in [0.15, 0.2) is 79.1 Å². The molecule has 2 heterocycles. The van der Waals surface area contributed by atoms with Crippen molar-refractivity contribution in [3.05, 3.63) is 90.4 Å². The van der Waals surface area contributed by atoms with Crippen molar-refractivity contribution in [1.29, 1.82) is 0 Å². The van der Waals surface area contributed by atoms with Crippen molar-refractivity contribution in [3.63, 3.8) is 0 Å². The standard InChI is InChI=1S/C22H19N3O2/c1-25(15-17-13-16-7-5-6-10-20(16)24-17)22(26)19-11-12-23-14-21(19)27-18-8-3-2-4-9-18/h2-14,24H,15H2,1H3. The van der Waals surface area contributed by atoms with Crippen LogP contribution < -0.4 is 4.74 Å². The first-order valence-electron chi connectivity index (χ1n) is 8.70. The van der Waals surface area contributed by atoms with Crippen LogP contribution in [0.4, 0.5) is 0 Å². The van der Waals surface area contributed by atoms with Crippen molar-refractivity contribution < 1.29 is 9.53 Å². The van der Waals surface area contributed by atoms with E-state index in [0.717, 1.165) is 16.6 Å². The van der Waals surface area contributed by atoms with E-state index in [1.807, 2.05) is 54.6 Å². The van der Waals surface area contributed by atoms with Crippen LogP contribution in [-0.4, -0.2) is 27.8 Å². The number of amides is 1. The van der Waals surface area contributed by atoms with Crippen LogP contribution in [0.25, 0.3) is 10.9 Å². The first kappa shape index (κ1) is 16.8. The maximum atomic E-state index is 13.0. The first-order chi connectivity index (χ1) is 13.2. The van der Waals surface area contributed by atoms with Gasteiger partial charge in [0.15, 0.2) is 5.75 Å². The summed E-state index contributed by atoms with van der Waals surface area (Å²) in [5.74, 6) is 0.983. The van der Waals surface area contributed by atoms with Crippen LogP contribution in [0, 0.1) is 0 Å². The summed E-state index contributed by atoms with van der Waals surface area (Å²) in [5, 5.41) is 1.13. The molecule has 4 rings (SSSR count). The topological polar surface area (TPSA) is 58.2 Å². The zero-order valence-electron chi connectivity index (χ0n) is 14.9. The number of H-pyrrole nitrogens is 1. The SMILES string of the molecule is CN(Cc1cc2ccccc2[nH]1)C(=O)c1ccncc1Oc1ccccc1. The Labute approximate surface area is 157 Å². The third-order valence-electron chi connectivity index (χ3n) is 4.33. The molecule has 0 unspecified atom stereocenters. The average molecular weight is 357 g/mol. The van der Waals surface area contributed by atoms with Gasteiger partial charge >= 0.3 is 0 Å². The van der Waals surface area contributed by atoms with Gasteiger partial charge in [0.25, 0.3) is 5.91 Å². The Morgan fingerprint density at radius 2 is 1.85 bits per heavy atom. The number of hydrogen-bond acceptors (Lipinski definition) is 3. The molecule has 2 aromatic carbocycles. The number of pyridine rings is 1. The highest BCUT2D eigenvalue weighted by Crippen LogP contribution is 2.25. The molecular formula is C22H19N3O2. The largest absolute Gasteiger partial charge is 0.455 e. The minimum atomic E-state index is -0.123. The fraction of sp³-hybridized carbons (Fsp3) is 0.0909. The van der Waals surface area contributed by atoms with Gasteiger partial charge in [-0.3, -0.25) is 9.78 Å². The molecule has 1 N–H and O–H groups in total. The van der Waals surface area contributed by atoms with Crippen LogP contribution in [0.2, 0.25) is 0 Å². The van der Waals surface area contributed by atoms with Gasteiger partial charge in [-0.05, 0) is 35.7 Å². The van der Waals surface area contributed by atoms with Gasteiger partial charge in [0.2, 0.25) is 0 Å². The number of rotatable bonds is 5. The quantitative estimate of drug-likeness (QED) is 0.567. The summed E-state index contributed by atoms with van der Waals surface area (Å²) in [5.41, 5.74) is 2.52. The summed E-state index contributed by atoms with van der Waals surface area (Å²) >= 11 is 0.